The fraction of sp³-hybridized carbons (Fsp3) is 0.283. The Kier molecular flexibility index (Phi) is 11.9. The summed E-state index contributed by atoms with van der Waals surface area (Å²) in [5.74, 6) is 1.54. The molecule has 59 heavy (non-hydrogen) atoms. The second-order valence-electron chi connectivity index (χ2n) is 14.6. The molecule has 4 aromatic carbocycles. The molecule has 13 heteroatoms. The second-order valence-corrected chi connectivity index (χ2v) is 14.6. The zero-order valence-corrected chi connectivity index (χ0v) is 33.0. The van der Waals surface area contributed by atoms with Gasteiger partial charge in [0.2, 0.25) is 0 Å². The molecule has 0 saturated carbocycles. The number of H-pyrrole nitrogens is 2. The van der Waals surface area contributed by atoms with Crippen LogP contribution >= 0.6 is 0 Å². The van der Waals surface area contributed by atoms with E-state index in [1.54, 1.807) is 51.0 Å². The number of ether oxygens (including phenoxy) is 4. The molecule has 3 aliphatic heterocycles. The van der Waals surface area contributed by atoms with E-state index in [4.69, 9.17) is 18.9 Å². The number of carbonyl (C=O) groups is 3. The minimum atomic E-state index is -0.481. The maximum Gasteiger partial charge on any atom is 0.254 e. The van der Waals surface area contributed by atoms with Gasteiger partial charge in [-0.3, -0.25) is 24.6 Å². The fourth-order valence-corrected chi connectivity index (χ4v) is 8.29. The van der Waals surface area contributed by atoms with Gasteiger partial charge in [-0.15, -0.1) is 0 Å². The van der Waals surface area contributed by atoms with E-state index >= 15 is 0 Å². The number of benzene rings is 4. The summed E-state index contributed by atoms with van der Waals surface area (Å²) in [5, 5.41) is 13.6. The van der Waals surface area contributed by atoms with Crippen molar-refractivity contribution in [3.8, 4) is 33.8 Å². The number of hydrogen-bond acceptors (Lipinski definition) is 9. The number of carbonyl (C=O) groups excluding carboxylic acids is 3. The largest absolute Gasteiger partial charge is 0.497 e. The van der Waals surface area contributed by atoms with E-state index in [0.29, 0.717) is 36.4 Å². The number of aromatic amines is 2. The van der Waals surface area contributed by atoms with E-state index in [0.717, 1.165) is 89.0 Å². The molecule has 2 amide bonds. The van der Waals surface area contributed by atoms with Crippen molar-refractivity contribution >= 4 is 18.1 Å². The van der Waals surface area contributed by atoms with Gasteiger partial charge in [0.05, 0.1) is 51.9 Å². The molecule has 2 N–H and O–H groups in total. The summed E-state index contributed by atoms with van der Waals surface area (Å²) < 4.78 is 22.2. The summed E-state index contributed by atoms with van der Waals surface area (Å²) in [6, 6.07) is 26.9. The highest BCUT2D eigenvalue weighted by atomic mass is 16.7. The predicted molar refractivity (Wildman–Crippen MR) is 220 cm³/mol. The van der Waals surface area contributed by atoms with Gasteiger partial charge in [0.1, 0.15) is 11.5 Å². The van der Waals surface area contributed by atoms with E-state index in [9.17, 15) is 14.4 Å². The van der Waals surface area contributed by atoms with Crippen LogP contribution in [-0.4, -0.2) is 88.8 Å². The molecule has 0 aliphatic carbocycles. The molecule has 3 aliphatic rings. The van der Waals surface area contributed by atoms with Gasteiger partial charge in [0, 0.05) is 58.9 Å². The first-order valence-corrected chi connectivity index (χ1v) is 19.8. The number of aromatic nitrogens is 4. The summed E-state index contributed by atoms with van der Waals surface area (Å²) in [6.07, 6.45) is 11.0. The highest BCUT2D eigenvalue weighted by molar-refractivity contribution is 5.99. The Morgan fingerprint density at radius 3 is 1.73 bits per heavy atom. The molecule has 2 aromatic heterocycles. The smallest absolute Gasteiger partial charge is 0.254 e. The van der Waals surface area contributed by atoms with E-state index in [1.165, 1.54) is 0 Å². The van der Waals surface area contributed by atoms with Crippen LogP contribution in [0.3, 0.4) is 0 Å². The van der Waals surface area contributed by atoms with Crippen LogP contribution in [0.2, 0.25) is 0 Å². The first-order chi connectivity index (χ1) is 28.9. The van der Waals surface area contributed by atoms with Crippen LogP contribution < -0.4 is 9.47 Å². The van der Waals surface area contributed by atoms with Crippen LogP contribution in [0.4, 0.5) is 0 Å². The second kappa shape index (κ2) is 17.9. The Balaban J connectivity index is 0.000000165. The standard InChI is InChI=1S/C24H25N3O4.C22H21N3O3/c1-29-19-5-2-4-16(12-19)22-6-3-9-27(22)23(28)17-7-8-20(18-14-25-26-15-18)21(13-17)24-30-10-11-31-24;1-28-19-5-2-4-15(11-19)21-6-3-9-25(21)22(27)16-7-8-20(17(10-16)14-26)18-12-23-24-13-18/h2,4-5,7-8,12-15,22,24H,3,6,9-11H2,1H3,(H,25,26);2,4-5,7-8,10-14,21H,3,6,9H2,1H3,(H,23,24). The predicted octanol–water partition coefficient (Wildman–Crippen LogP) is 7.98. The number of aldehydes is 1. The van der Waals surface area contributed by atoms with Gasteiger partial charge in [-0.05, 0) is 96.5 Å². The summed E-state index contributed by atoms with van der Waals surface area (Å²) in [7, 11) is 3.30. The van der Waals surface area contributed by atoms with Gasteiger partial charge in [0.25, 0.3) is 11.8 Å². The first-order valence-electron chi connectivity index (χ1n) is 19.8. The Labute approximate surface area is 342 Å². The van der Waals surface area contributed by atoms with Crippen molar-refractivity contribution in [3.63, 3.8) is 0 Å². The molecule has 0 radical (unpaired) electrons. The lowest BCUT2D eigenvalue weighted by atomic mass is 9.98. The first kappa shape index (κ1) is 39.3. The van der Waals surface area contributed by atoms with Gasteiger partial charge in [0.15, 0.2) is 12.6 Å². The summed E-state index contributed by atoms with van der Waals surface area (Å²) in [5.41, 5.74) is 8.10. The molecular formula is C46H46N6O7. The molecule has 302 valence electrons. The summed E-state index contributed by atoms with van der Waals surface area (Å²) >= 11 is 0. The van der Waals surface area contributed by atoms with Crippen molar-refractivity contribution < 1.29 is 33.3 Å². The van der Waals surface area contributed by atoms with Crippen molar-refractivity contribution in [1.82, 2.24) is 30.2 Å². The molecule has 2 unspecified atom stereocenters. The van der Waals surface area contributed by atoms with Gasteiger partial charge in [-0.2, -0.15) is 10.2 Å². The topological polar surface area (TPSA) is 152 Å². The Morgan fingerprint density at radius 1 is 0.695 bits per heavy atom. The molecule has 2 atom stereocenters. The molecule has 6 aromatic rings. The van der Waals surface area contributed by atoms with Gasteiger partial charge in [-0.25, -0.2) is 0 Å². The van der Waals surface area contributed by atoms with Crippen molar-refractivity contribution in [3.05, 3.63) is 143 Å². The molecule has 0 bridgehead atoms. The zero-order chi connectivity index (χ0) is 40.7. The average Bonchev–Trinajstić information content (AvgIpc) is 4.16. The van der Waals surface area contributed by atoms with Crippen LogP contribution in [-0.2, 0) is 9.47 Å². The lowest BCUT2D eigenvalue weighted by Crippen LogP contribution is -2.30. The molecule has 0 spiro atoms. The van der Waals surface area contributed by atoms with Crippen molar-refractivity contribution in [2.75, 3.05) is 40.5 Å². The van der Waals surface area contributed by atoms with Crippen LogP contribution in [0.1, 0.15) is 91.8 Å². The molecule has 3 fully saturated rings. The minimum Gasteiger partial charge on any atom is -0.497 e. The maximum absolute atomic E-state index is 13.5. The van der Waals surface area contributed by atoms with E-state index in [2.05, 4.69) is 26.5 Å². The highest BCUT2D eigenvalue weighted by Gasteiger charge is 2.33. The minimum absolute atomic E-state index is 0.0100. The lowest BCUT2D eigenvalue weighted by Gasteiger charge is -2.26. The normalized spacial score (nSPS) is 17.7. The summed E-state index contributed by atoms with van der Waals surface area (Å²) in [6.45, 7) is 2.51. The van der Waals surface area contributed by atoms with Crippen LogP contribution in [0.15, 0.2) is 110 Å². The molecule has 5 heterocycles. The average molecular weight is 795 g/mol. The quantitative estimate of drug-likeness (QED) is 0.132. The number of nitrogens with one attached hydrogen (secondary N) is 2. The maximum atomic E-state index is 13.5. The number of methoxy groups -OCH3 is 2. The van der Waals surface area contributed by atoms with E-state index in [1.807, 2.05) is 76.7 Å². The Morgan fingerprint density at radius 2 is 1.22 bits per heavy atom. The van der Waals surface area contributed by atoms with Crippen molar-refractivity contribution in [1.29, 1.82) is 0 Å². The number of hydrogen-bond donors (Lipinski definition) is 2. The Hall–Kier alpha value is -6.57. The van der Waals surface area contributed by atoms with Crippen LogP contribution in [0, 0.1) is 0 Å². The third-order valence-electron chi connectivity index (χ3n) is 11.2. The highest BCUT2D eigenvalue weighted by Crippen LogP contribution is 2.38. The van der Waals surface area contributed by atoms with E-state index < -0.39 is 6.29 Å². The monoisotopic (exact) mass is 794 g/mol. The van der Waals surface area contributed by atoms with Crippen LogP contribution in [0.25, 0.3) is 22.3 Å². The number of nitrogens with zero attached hydrogens (tertiary/aromatic N) is 4. The molecule has 13 nitrogen and oxygen atoms in total. The van der Waals surface area contributed by atoms with Crippen LogP contribution in [0.5, 0.6) is 11.5 Å². The van der Waals surface area contributed by atoms with Gasteiger partial charge < -0.3 is 28.7 Å². The molecule has 3 saturated heterocycles. The number of likely N-dealkylation sites (tertiary alicyclic amines) is 2. The lowest BCUT2D eigenvalue weighted by molar-refractivity contribution is -0.0437. The number of amides is 2. The summed E-state index contributed by atoms with van der Waals surface area (Å²) in [4.78, 5) is 42.2. The third-order valence-corrected chi connectivity index (χ3v) is 11.2. The number of rotatable bonds is 10. The van der Waals surface area contributed by atoms with Crippen molar-refractivity contribution in [2.24, 2.45) is 0 Å². The zero-order valence-electron chi connectivity index (χ0n) is 33.0. The van der Waals surface area contributed by atoms with Gasteiger partial charge in [-0.1, -0.05) is 36.4 Å². The SMILES string of the molecule is COc1cccc(C2CCCN2C(=O)c2ccc(-c3cn[nH]c3)c(C3OCCO3)c2)c1.COc1cccc(C2CCCN2C(=O)c2ccc(-c3cn[nH]c3)c(C=O)c2)c1. The van der Waals surface area contributed by atoms with Gasteiger partial charge >= 0.3 is 0 Å². The fourth-order valence-electron chi connectivity index (χ4n) is 8.29. The van der Waals surface area contributed by atoms with E-state index in [-0.39, 0.29) is 23.9 Å². The third kappa shape index (κ3) is 8.38. The molecular weight excluding hydrogens is 749 g/mol. The molecule has 9 rings (SSSR count). The van der Waals surface area contributed by atoms with Crippen molar-refractivity contribution in [2.45, 2.75) is 44.1 Å². The Bertz CT molecular complexity index is 2390.